The van der Waals surface area contributed by atoms with E-state index in [1.807, 2.05) is 4.90 Å². The normalized spacial score (nSPS) is 34.4. The van der Waals surface area contributed by atoms with Gasteiger partial charge in [0.2, 0.25) is 11.8 Å². The van der Waals surface area contributed by atoms with Gasteiger partial charge >= 0.3 is 0 Å². The zero-order valence-electron chi connectivity index (χ0n) is 14.8. The molecule has 0 aromatic carbocycles. The Hall–Kier alpha value is -1.10. The van der Waals surface area contributed by atoms with Crippen molar-refractivity contribution >= 4 is 11.8 Å². The van der Waals surface area contributed by atoms with Crippen molar-refractivity contribution in [2.45, 2.75) is 82.9 Å². The maximum atomic E-state index is 12.9. The molecule has 1 spiro atoms. The third-order valence-electron chi connectivity index (χ3n) is 6.77. The van der Waals surface area contributed by atoms with Crippen LogP contribution < -0.4 is 5.32 Å². The molecule has 4 fully saturated rings. The number of carbonyl (C=O) groups excluding carboxylic acids is 2. The second-order valence-electron chi connectivity index (χ2n) is 8.15. The highest BCUT2D eigenvalue weighted by atomic mass is 16.5. The number of amides is 2. The van der Waals surface area contributed by atoms with Gasteiger partial charge in [-0.1, -0.05) is 12.8 Å². The van der Waals surface area contributed by atoms with Gasteiger partial charge in [0.05, 0.1) is 6.10 Å². The maximum Gasteiger partial charge on any atom is 0.243 e. The lowest BCUT2D eigenvalue weighted by molar-refractivity contribution is -0.150. The predicted octanol–water partition coefficient (Wildman–Crippen LogP) is 2.24. The smallest absolute Gasteiger partial charge is 0.243 e. The average molecular weight is 334 g/mol. The highest BCUT2D eigenvalue weighted by Crippen LogP contribution is 2.54. The third-order valence-corrected chi connectivity index (χ3v) is 6.77. The van der Waals surface area contributed by atoms with Crippen LogP contribution in [0.4, 0.5) is 0 Å². The van der Waals surface area contributed by atoms with E-state index in [2.05, 4.69) is 12.2 Å². The zero-order valence-corrected chi connectivity index (χ0v) is 14.8. The monoisotopic (exact) mass is 334 g/mol. The number of nitrogens with zero attached hydrogens (tertiary/aromatic N) is 1. The summed E-state index contributed by atoms with van der Waals surface area (Å²) >= 11 is 0. The van der Waals surface area contributed by atoms with Crippen molar-refractivity contribution in [2.75, 3.05) is 13.2 Å². The standard InChI is InChI=1S/C19H30N2O3/c1-2-24-16-12-15(19(16)9-3-4-10-19)20-17(22)14-6-5-11-21(14)18(23)13-7-8-13/h13-16H,2-12H2,1H3,(H,20,22)/t14-,15+,16+/m0/s1. The molecule has 4 aliphatic rings. The molecule has 1 heterocycles. The fraction of sp³-hybridized carbons (Fsp3) is 0.895. The molecule has 1 saturated heterocycles. The molecule has 3 atom stereocenters. The quantitative estimate of drug-likeness (QED) is 0.839. The number of ether oxygens (including phenoxy) is 1. The topological polar surface area (TPSA) is 58.6 Å². The number of hydrogen-bond donors (Lipinski definition) is 1. The molecule has 0 bridgehead atoms. The van der Waals surface area contributed by atoms with Crippen molar-refractivity contribution in [3.8, 4) is 0 Å². The molecule has 134 valence electrons. The number of rotatable bonds is 5. The molecule has 3 saturated carbocycles. The van der Waals surface area contributed by atoms with E-state index in [0.29, 0.717) is 6.10 Å². The first-order valence-corrected chi connectivity index (χ1v) is 9.88. The lowest BCUT2D eigenvalue weighted by Gasteiger charge is -2.54. The first kappa shape index (κ1) is 16.4. The molecule has 4 rings (SSSR count). The summed E-state index contributed by atoms with van der Waals surface area (Å²) in [5, 5.41) is 3.31. The van der Waals surface area contributed by atoms with Crippen LogP contribution in [-0.2, 0) is 14.3 Å². The molecule has 2 amide bonds. The number of hydrogen-bond acceptors (Lipinski definition) is 3. The fourth-order valence-electron chi connectivity index (χ4n) is 5.22. The van der Waals surface area contributed by atoms with E-state index in [4.69, 9.17) is 4.74 Å². The molecule has 0 aromatic heterocycles. The van der Waals surface area contributed by atoms with E-state index in [-0.39, 0.29) is 35.2 Å². The molecule has 24 heavy (non-hydrogen) atoms. The van der Waals surface area contributed by atoms with Crippen LogP contribution >= 0.6 is 0 Å². The third kappa shape index (κ3) is 2.65. The summed E-state index contributed by atoms with van der Waals surface area (Å²) in [6.07, 6.45) is 9.84. The van der Waals surface area contributed by atoms with E-state index < -0.39 is 0 Å². The van der Waals surface area contributed by atoms with Crippen LogP contribution in [0.25, 0.3) is 0 Å². The zero-order chi connectivity index (χ0) is 16.7. The molecule has 0 aromatic rings. The summed E-state index contributed by atoms with van der Waals surface area (Å²) in [5.41, 5.74) is 0.162. The van der Waals surface area contributed by atoms with Gasteiger partial charge in [-0.15, -0.1) is 0 Å². The Kier molecular flexibility index (Phi) is 4.31. The fourth-order valence-corrected chi connectivity index (χ4v) is 5.22. The second-order valence-corrected chi connectivity index (χ2v) is 8.15. The molecule has 0 unspecified atom stereocenters. The Morgan fingerprint density at radius 1 is 1.17 bits per heavy atom. The minimum Gasteiger partial charge on any atom is -0.378 e. The number of likely N-dealkylation sites (tertiary alicyclic amines) is 1. The van der Waals surface area contributed by atoms with Crippen molar-refractivity contribution in [3.05, 3.63) is 0 Å². The van der Waals surface area contributed by atoms with E-state index in [9.17, 15) is 9.59 Å². The molecular weight excluding hydrogens is 304 g/mol. The maximum absolute atomic E-state index is 12.9. The summed E-state index contributed by atoms with van der Waals surface area (Å²) in [4.78, 5) is 27.1. The lowest BCUT2D eigenvalue weighted by Crippen LogP contribution is -2.65. The van der Waals surface area contributed by atoms with Gasteiger partial charge in [0.15, 0.2) is 0 Å². The second kappa shape index (κ2) is 6.32. The Morgan fingerprint density at radius 2 is 1.92 bits per heavy atom. The molecule has 0 radical (unpaired) electrons. The highest BCUT2D eigenvalue weighted by molar-refractivity contribution is 5.90. The molecule has 5 nitrogen and oxygen atoms in total. The van der Waals surface area contributed by atoms with E-state index >= 15 is 0 Å². The van der Waals surface area contributed by atoms with E-state index in [0.717, 1.165) is 58.1 Å². The van der Waals surface area contributed by atoms with Gasteiger partial charge in [-0.3, -0.25) is 9.59 Å². The minimum atomic E-state index is -0.234. The van der Waals surface area contributed by atoms with Gasteiger partial charge < -0.3 is 15.0 Å². The summed E-state index contributed by atoms with van der Waals surface area (Å²) in [6.45, 7) is 3.55. The van der Waals surface area contributed by atoms with Gasteiger partial charge in [-0.25, -0.2) is 0 Å². The van der Waals surface area contributed by atoms with Crippen LogP contribution in [0.1, 0.15) is 64.7 Å². The van der Waals surface area contributed by atoms with Crippen molar-refractivity contribution in [1.29, 1.82) is 0 Å². The molecule has 3 aliphatic carbocycles. The Balaban J connectivity index is 1.39. The van der Waals surface area contributed by atoms with Crippen molar-refractivity contribution in [2.24, 2.45) is 11.3 Å². The summed E-state index contributed by atoms with van der Waals surface area (Å²) in [7, 11) is 0. The van der Waals surface area contributed by atoms with Gasteiger partial charge in [0.25, 0.3) is 0 Å². The van der Waals surface area contributed by atoms with Crippen molar-refractivity contribution in [1.82, 2.24) is 10.2 Å². The first-order chi connectivity index (χ1) is 11.7. The van der Waals surface area contributed by atoms with Crippen LogP contribution in [0.15, 0.2) is 0 Å². The molecule has 5 heteroatoms. The van der Waals surface area contributed by atoms with Gasteiger partial charge in [-0.2, -0.15) is 0 Å². The minimum absolute atomic E-state index is 0.0766. The highest BCUT2D eigenvalue weighted by Gasteiger charge is 2.57. The first-order valence-electron chi connectivity index (χ1n) is 9.88. The largest absolute Gasteiger partial charge is 0.378 e. The van der Waals surface area contributed by atoms with E-state index in [1.54, 1.807) is 0 Å². The van der Waals surface area contributed by atoms with E-state index in [1.165, 1.54) is 12.8 Å². The van der Waals surface area contributed by atoms with Crippen LogP contribution in [0.2, 0.25) is 0 Å². The van der Waals surface area contributed by atoms with Gasteiger partial charge in [0, 0.05) is 30.5 Å². The van der Waals surface area contributed by atoms with Crippen LogP contribution in [0.5, 0.6) is 0 Å². The number of carbonyl (C=O) groups is 2. The van der Waals surface area contributed by atoms with Crippen LogP contribution in [0, 0.1) is 11.3 Å². The SMILES string of the molecule is CCO[C@@H]1C[C@@H](NC(=O)[C@@H]2CCCN2C(=O)C2CC2)C12CCCC2. The van der Waals surface area contributed by atoms with Crippen molar-refractivity contribution in [3.63, 3.8) is 0 Å². The number of nitrogens with one attached hydrogen (secondary N) is 1. The van der Waals surface area contributed by atoms with Crippen molar-refractivity contribution < 1.29 is 14.3 Å². The summed E-state index contributed by atoms with van der Waals surface area (Å²) in [6, 6.07) is 0.00484. The van der Waals surface area contributed by atoms with Crippen LogP contribution in [-0.4, -0.2) is 48.1 Å². The Labute approximate surface area is 144 Å². The lowest BCUT2D eigenvalue weighted by atomic mass is 9.60. The Bertz CT molecular complexity index is 511. The predicted molar refractivity (Wildman–Crippen MR) is 90.3 cm³/mol. The van der Waals surface area contributed by atoms with Gasteiger partial charge in [-0.05, 0) is 51.9 Å². The molecular formula is C19H30N2O3. The Morgan fingerprint density at radius 3 is 2.58 bits per heavy atom. The average Bonchev–Trinajstić information content (AvgIpc) is 3.10. The summed E-state index contributed by atoms with van der Waals surface area (Å²) < 4.78 is 5.94. The molecule has 1 N–H and O–H groups in total. The van der Waals surface area contributed by atoms with Crippen LogP contribution in [0.3, 0.4) is 0 Å². The molecule has 1 aliphatic heterocycles. The summed E-state index contributed by atoms with van der Waals surface area (Å²) in [5.74, 6) is 0.488. The van der Waals surface area contributed by atoms with Gasteiger partial charge in [0.1, 0.15) is 6.04 Å².